The van der Waals surface area contributed by atoms with E-state index in [0.717, 1.165) is 56.2 Å². The first kappa shape index (κ1) is 52.4. The highest BCUT2D eigenvalue weighted by Gasteiger charge is 2.21. The van der Waals surface area contributed by atoms with Crippen LogP contribution in [0.1, 0.15) is 0 Å². The zero-order valence-corrected chi connectivity index (χ0v) is 49.1. The third kappa shape index (κ3) is 9.00. The smallest absolute Gasteiger partial charge is 0.145 e. The summed E-state index contributed by atoms with van der Waals surface area (Å²) in [6, 6.07) is 122. The van der Waals surface area contributed by atoms with Gasteiger partial charge in [0.15, 0.2) is 0 Å². The number of rotatable bonds is 8. The van der Waals surface area contributed by atoms with Crippen molar-refractivity contribution < 1.29 is 0 Å². The van der Waals surface area contributed by atoms with Crippen LogP contribution in [0.3, 0.4) is 0 Å². The quantitative estimate of drug-likeness (QED) is 0.142. The van der Waals surface area contributed by atoms with Crippen LogP contribution in [0.4, 0.5) is 0 Å². The zero-order chi connectivity index (χ0) is 59.5. The maximum Gasteiger partial charge on any atom is 0.145 e. The second kappa shape index (κ2) is 22.1. The van der Waals surface area contributed by atoms with Gasteiger partial charge in [-0.15, -0.1) is 0 Å². The van der Waals surface area contributed by atoms with Crippen molar-refractivity contribution in [3.63, 3.8) is 0 Å². The SMILES string of the molecule is c1ccc(-c2nc3ccccc3n2-c2ccc(-c3c4ccccc4c(-c4ccc5ccccc5c4)c4ccccc34)cc2)cc1.c1ccc(-n2c(-c3ccc(-c4c5ccccc5c(-c5ccc6ccccc6c5)c5ccccc45)cc3)nc3ccccc32)cc1. The van der Waals surface area contributed by atoms with Crippen LogP contribution in [-0.2, 0) is 0 Å². The number of imidazole rings is 2. The molecule has 0 bridgehead atoms. The van der Waals surface area contributed by atoms with Crippen molar-refractivity contribution in [2.75, 3.05) is 0 Å². The van der Waals surface area contributed by atoms with E-state index in [4.69, 9.17) is 9.97 Å². The predicted octanol–water partition coefficient (Wildman–Crippen LogP) is 23.0. The highest BCUT2D eigenvalue weighted by Crippen LogP contribution is 2.47. The molecule has 0 fully saturated rings. The number of fused-ring (bicyclic) bond motifs is 8. The summed E-state index contributed by atoms with van der Waals surface area (Å²) in [5.41, 5.74) is 18.5. The Morgan fingerprint density at radius 1 is 0.189 bits per heavy atom. The summed E-state index contributed by atoms with van der Waals surface area (Å²) >= 11 is 0. The third-order valence-electron chi connectivity index (χ3n) is 18.0. The summed E-state index contributed by atoms with van der Waals surface area (Å²) in [5, 5.41) is 15.1. The van der Waals surface area contributed by atoms with Crippen molar-refractivity contribution >= 4 is 86.7 Å². The van der Waals surface area contributed by atoms with E-state index in [1.165, 1.54) is 109 Å². The molecule has 0 unspecified atom stereocenters. The molecule has 0 amide bonds. The van der Waals surface area contributed by atoms with Crippen molar-refractivity contribution in [2.24, 2.45) is 0 Å². The Hall–Kier alpha value is -12.0. The van der Waals surface area contributed by atoms with E-state index >= 15 is 0 Å². The number of hydrogen-bond donors (Lipinski definition) is 0. The molecule has 16 aromatic carbocycles. The van der Waals surface area contributed by atoms with E-state index in [0.29, 0.717) is 0 Å². The number of hydrogen-bond acceptors (Lipinski definition) is 2. The Labute approximate surface area is 521 Å². The molecule has 0 atom stereocenters. The van der Waals surface area contributed by atoms with Gasteiger partial charge in [0, 0.05) is 22.5 Å². The van der Waals surface area contributed by atoms with Gasteiger partial charge in [0.25, 0.3) is 0 Å². The summed E-state index contributed by atoms with van der Waals surface area (Å²) < 4.78 is 4.53. The van der Waals surface area contributed by atoms with Crippen molar-refractivity contribution in [1.29, 1.82) is 0 Å². The Morgan fingerprint density at radius 2 is 0.467 bits per heavy atom. The van der Waals surface area contributed by atoms with Gasteiger partial charge in [-0.2, -0.15) is 0 Å². The Kier molecular flexibility index (Phi) is 12.8. The van der Waals surface area contributed by atoms with Gasteiger partial charge < -0.3 is 0 Å². The first-order valence-electron chi connectivity index (χ1n) is 30.8. The molecule has 420 valence electrons. The molecule has 0 aliphatic rings. The lowest BCUT2D eigenvalue weighted by Crippen LogP contribution is -1.97. The lowest BCUT2D eigenvalue weighted by Gasteiger charge is -2.18. The van der Waals surface area contributed by atoms with Gasteiger partial charge in [-0.3, -0.25) is 9.13 Å². The minimum Gasteiger partial charge on any atom is -0.292 e. The van der Waals surface area contributed by atoms with Crippen molar-refractivity contribution in [3.05, 3.63) is 340 Å². The van der Waals surface area contributed by atoms with Gasteiger partial charge >= 0.3 is 0 Å². The van der Waals surface area contributed by atoms with E-state index < -0.39 is 0 Å². The molecule has 0 saturated heterocycles. The molecule has 0 aliphatic heterocycles. The van der Waals surface area contributed by atoms with Gasteiger partial charge in [-0.1, -0.05) is 279 Å². The lowest BCUT2D eigenvalue weighted by molar-refractivity contribution is 1.10. The molecule has 0 aliphatic carbocycles. The van der Waals surface area contributed by atoms with Gasteiger partial charge in [-0.25, -0.2) is 9.97 Å². The number of benzene rings is 16. The number of nitrogens with zero attached hydrogens (tertiary/aromatic N) is 4. The molecule has 18 rings (SSSR count). The van der Waals surface area contributed by atoms with E-state index in [2.05, 4.69) is 343 Å². The molecule has 4 nitrogen and oxygen atoms in total. The van der Waals surface area contributed by atoms with Crippen LogP contribution in [-0.4, -0.2) is 19.1 Å². The van der Waals surface area contributed by atoms with Crippen LogP contribution >= 0.6 is 0 Å². The van der Waals surface area contributed by atoms with Gasteiger partial charge in [-0.05, 0) is 170 Å². The normalized spacial score (nSPS) is 11.6. The largest absolute Gasteiger partial charge is 0.292 e. The van der Waals surface area contributed by atoms with Gasteiger partial charge in [0.2, 0.25) is 0 Å². The highest BCUT2D eigenvalue weighted by atomic mass is 15.1. The molecule has 0 N–H and O–H groups in total. The van der Waals surface area contributed by atoms with Crippen LogP contribution in [0.5, 0.6) is 0 Å². The third-order valence-corrected chi connectivity index (χ3v) is 18.0. The topological polar surface area (TPSA) is 35.6 Å². The van der Waals surface area contributed by atoms with E-state index in [1.54, 1.807) is 0 Å². The second-order valence-corrected chi connectivity index (χ2v) is 23.2. The molecule has 0 saturated carbocycles. The van der Waals surface area contributed by atoms with Crippen LogP contribution in [0.15, 0.2) is 340 Å². The summed E-state index contributed by atoms with van der Waals surface area (Å²) in [7, 11) is 0. The predicted molar refractivity (Wildman–Crippen MR) is 380 cm³/mol. The average molecular weight is 1150 g/mol. The van der Waals surface area contributed by atoms with Crippen molar-refractivity contribution in [3.8, 4) is 78.7 Å². The molecule has 0 radical (unpaired) electrons. The fraction of sp³-hybridized carbons (Fsp3) is 0. The number of para-hydroxylation sites is 5. The molecular weight excluding hydrogens is 1090 g/mol. The Bertz CT molecular complexity index is 5640. The van der Waals surface area contributed by atoms with E-state index in [-0.39, 0.29) is 0 Å². The van der Waals surface area contributed by atoms with Crippen LogP contribution < -0.4 is 0 Å². The standard InChI is InChI=1S/2C43H28N2/c1-2-14-34(15-3-1)45-40-21-11-10-20-39(40)44-43(45)31-25-23-30(24-26-31)41-35-16-6-8-18-37(35)42(38-19-9-7-17-36(38)41)33-27-22-29-12-4-5-13-32(29)28-33;1-2-13-31(14-3-1)43-44-39-20-10-11-21-40(39)45(43)34-26-24-30(25-27-34)41-35-16-6-8-18-37(35)42(38-19-9-7-17-36(38)41)33-23-22-29-12-4-5-15-32(29)28-33/h2*1-28H. The highest BCUT2D eigenvalue weighted by molar-refractivity contribution is 6.23. The lowest BCUT2D eigenvalue weighted by atomic mass is 9.85. The molecule has 90 heavy (non-hydrogen) atoms. The first-order chi connectivity index (χ1) is 44.7. The van der Waals surface area contributed by atoms with Crippen LogP contribution in [0.25, 0.3) is 165 Å². The molecule has 2 heterocycles. The molecule has 2 aromatic heterocycles. The fourth-order valence-corrected chi connectivity index (χ4v) is 13.9. The van der Waals surface area contributed by atoms with Gasteiger partial charge in [0.1, 0.15) is 11.6 Å². The minimum atomic E-state index is 0.940. The molecule has 0 spiro atoms. The maximum absolute atomic E-state index is 5.09. The molecular formula is C86H56N4. The van der Waals surface area contributed by atoms with Crippen molar-refractivity contribution in [1.82, 2.24) is 19.1 Å². The Balaban J connectivity index is 0.000000139. The Morgan fingerprint density at radius 3 is 0.878 bits per heavy atom. The minimum absolute atomic E-state index is 0.940. The zero-order valence-electron chi connectivity index (χ0n) is 49.1. The van der Waals surface area contributed by atoms with Gasteiger partial charge in [0.05, 0.1) is 22.1 Å². The fourth-order valence-electron chi connectivity index (χ4n) is 13.9. The van der Waals surface area contributed by atoms with E-state index in [9.17, 15) is 0 Å². The summed E-state index contributed by atoms with van der Waals surface area (Å²) in [6.07, 6.45) is 0. The monoisotopic (exact) mass is 1140 g/mol. The summed E-state index contributed by atoms with van der Waals surface area (Å²) in [4.78, 5) is 10.1. The second-order valence-electron chi connectivity index (χ2n) is 23.2. The molecule has 18 aromatic rings. The number of aromatic nitrogens is 4. The van der Waals surface area contributed by atoms with Crippen molar-refractivity contribution in [2.45, 2.75) is 0 Å². The summed E-state index contributed by atoms with van der Waals surface area (Å²) in [5.74, 6) is 1.88. The van der Waals surface area contributed by atoms with E-state index in [1.807, 2.05) is 6.07 Å². The maximum atomic E-state index is 5.09. The van der Waals surface area contributed by atoms with Crippen LogP contribution in [0, 0.1) is 0 Å². The molecule has 4 heteroatoms. The summed E-state index contributed by atoms with van der Waals surface area (Å²) in [6.45, 7) is 0. The average Bonchev–Trinajstić information content (AvgIpc) is 1.26. The van der Waals surface area contributed by atoms with Crippen LogP contribution in [0.2, 0.25) is 0 Å². The first-order valence-corrected chi connectivity index (χ1v) is 30.8.